The minimum Gasteiger partial charge on any atom is -0.314 e. The van der Waals surface area contributed by atoms with Crippen LogP contribution in [0.15, 0.2) is 42.5 Å². The Bertz CT molecular complexity index is 1110. The molecular formula is C21H21F3N2O3S. The maximum Gasteiger partial charge on any atom is 0.416 e. The van der Waals surface area contributed by atoms with Crippen LogP contribution in [0.4, 0.5) is 23.7 Å². The van der Waals surface area contributed by atoms with Crippen LogP contribution in [0.2, 0.25) is 0 Å². The van der Waals surface area contributed by atoms with Gasteiger partial charge in [-0.25, -0.2) is 13.2 Å². The zero-order valence-corrected chi connectivity index (χ0v) is 17.3. The van der Waals surface area contributed by atoms with Crippen LogP contribution in [0.5, 0.6) is 0 Å². The number of amides is 2. The van der Waals surface area contributed by atoms with E-state index >= 15 is 0 Å². The molecule has 0 N–H and O–H groups in total. The third-order valence-electron chi connectivity index (χ3n) is 5.71. The summed E-state index contributed by atoms with van der Waals surface area (Å²) in [5.74, 6) is -0.348. The molecule has 0 aromatic heterocycles. The highest BCUT2D eigenvalue weighted by molar-refractivity contribution is 7.91. The standard InChI is InChI=1S/C21H21F3N2O3S/c1-13-6-7-14(2)17(8-13)26-19-12-30(28,29)11-18(19)25(20(26)27)10-15-4-3-5-16(9-15)21(22,23)24/h3-9,18-19H,10-12H2,1-2H3/t18-,19+/m1/s1. The van der Waals surface area contributed by atoms with Crippen molar-refractivity contribution in [2.45, 2.75) is 38.7 Å². The Morgan fingerprint density at radius 1 is 1.03 bits per heavy atom. The number of rotatable bonds is 3. The van der Waals surface area contributed by atoms with Gasteiger partial charge >= 0.3 is 12.2 Å². The number of aryl methyl sites for hydroxylation is 2. The molecule has 0 radical (unpaired) electrons. The van der Waals surface area contributed by atoms with Crippen molar-refractivity contribution in [2.75, 3.05) is 16.4 Å². The minimum absolute atomic E-state index is 0.0825. The predicted molar refractivity (Wildman–Crippen MR) is 107 cm³/mol. The summed E-state index contributed by atoms with van der Waals surface area (Å²) in [5, 5.41) is 0. The Balaban J connectivity index is 1.72. The van der Waals surface area contributed by atoms with E-state index in [0.29, 0.717) is 11.3 Å². The number of halogens is 3. The number of anilines is 1. The van der Waals surface area contributed by atoms with E-state index in [-0.39, 0.29) is 24.1 Å². The van der Waals surface area contributed by atoms with Gasteiger partial charge in [0.15, 0.2) is 9.84 Å². The molecule has 2 aromatic rings. The van der Waals surface area contributed by atoms with Crippen molar-refractivity contribution in [3.05, 3.63) is 64.7 Å². The number of carbonyl (C=O) groups excluding carboxylic acids is 1. The van der Waals surface area contributed by atoms with Gasteiger partial charge in [0, 0.05) is 12.2 Å². The lowest BCUT2D eigenvalue weighted by molar-refractivity contribution is -0.137. The van der Waals surface area contributed by atoms with Crippen molar-refractivity contribution in [3.8, 4) is 0 Å². The van der Waals surface area contributed by atoms with Crippen LogP contribution < -0.4 is 4.90 Å². The Hall–Kier alpha value is -2.55. The van der Waals surface area contributed by atoms with Gasteiger partial charge in [0.2, 0.25) is 0 Å². The summed E-state index contributed by atoms with van der Waals surface area (Å²) in [6, 6.07) is 8.85. The third-order valence-corrected chi connectivity index (χ3v) is 7.41. The number of carbonyl (C=O) groups is 1. The van der Waals surface area contributed by atoms with Crippen molar-refractivity contribution < 1.29 is 26.4 Å². The van der Waals surface area contributed by atoms with Gasteiger partial charge in [-0.05, 0) is 48.7 Å². The van der Waals surface area contributed by atoms with E-state index in [4.69, 9.17) is 0 Å². The van der Waals surface area contributed by atoms with Crippen LogP contribution in [0, 0.1) is 13.8 Å². The molecule has 4 rings (SSSR count). The first-order chi connectivity index (χ1) is 14.0. The van der Waals surface area contributed by atoms with Gasteiger partial charge in [-0.1, -0.05) is 24.3 Å². The van der Waals surface area contributed by atoms with E-state index in [1.807, 2.05) is 32.0 Å². The summed E-state index contributed by atoms with van der Waals surface area (Å²) in [5.41, 5.74) is 1.91. The van der Waals surface area contributed by atoms with Crippen molar-refractivity contribution in [2.24, 2.45) is 0 Å². The SMILES string of the molecule is Cc1ccc(C)c(N2C(=O)N(Cc3cccc(C(F)(F)F)c3)[C@@H]3CS(=O)(=O)C[C@@H]32)c1. The third kappa shape index (κ3) is 3.66. The van der Waals surface area contributed by atoms with Crippen LogP contribution >= 0.6 is 0 Å². The van der Waals surface area contributed by atoms with Crippen molar-refractivity contribution in [3.63, 3.8) is 0 Å². The Labute approximate surface area is 173 Å². The molecule has 2 aliphatic rings. The van der Waals surface area contributed by atoms with Gasteiger partial charge in [-0.3, -0.25) is 4.90 Å². The average Bonchev–Trinajstić information content (AvgIpc) is 3.08. The van der Waals surface area contributed by atoms with Gasteiger partial charge in [0.1, 0.15) is 0 Å². The molecule has 30 heavy (non-hydrogen) atoms. The van der Waals surface area contributed by atoms with Crippen LogP contribution in [0.25, 0.3) is 0 Å². The molecule has 2 heterocycles. The number of hydrogen-bond donors (Lipinski definition) is 0. The molecule has 0 bridgehead atoms. The zero-order chi connectivity index (χ0) is 21.8. The molecule has 2 aliphatic heterocycles. The fourth-order valence-corrected chi connectivity index (χ4v) is 6.22. The van der Waals surface area contributed by atoms with Crippen LogP contribution in [0.1, 0.15) is 22.3 Å². The number of sulfone groups is 1. The lowest BCUT2D eigenvalue weighted by atomic mass is 10.1. The highest BCUT2D eigenvalue weighted by atomic mass is 32.2. The molecule has 9 heteroatoms. The number of fused-ring (bicyclic) bond motifs is 1. The van der Waals surface area contributed by atoms with E-state index < -0.39 is 33.7 Å². The molecule has 160 valence electrons. The van der Waals surface area contributed by atoms with Crippen molar-refractivity contribution >= 4 is 21.6 Å². The molecule has 5 nitrogen and oxygen atoms in total. The van der Waals surface area contributed by atoms with Crippen molar-refractivity contribution in [1.82, 2.24) is 4.90 Å². The molecule has 2 saturated heterocycles. The topological polar surface area (TPSA) is 57.7 Å². The maximum absolute atomic E-state index is 13.3. The quantitative estimate of drug-likeness (QED) is 0.683. The van der Waals surface area contributed by atoms with E-state index in [9.17, 15) is 26.4 Å². The molecule has 2 aromatic carbocycles. The lowest BCUT2D eigenvalue weighted by Gasteiger charge is -2.24. The Morgan fingerprint density at radius 3 is 2.43 bits per heavy atom. The van der Waals surface area contributed by atoms with Gasteiger partial charge in [-0.2, -0.15) is 13.2 Å². The normalized spacial score (nSPS) is 23.2. The summed E-state index contributed by atoms with van der Waals surface area (Å²) in [6.07, 6.45) is -4.49. The van der Waals surface area contributed by atoms with Gasteiger partial charge in [0.05, 0.1) is 29.2 Å². The average molecular weight is 438 g/mol. The van der Waals surface area contributed by atoms with Crippen molar-refractivity contribution in [1.29, 1.82) is 0 Å². The molecule has 0 saturated carbocycles. The fourth-order valence-electron chi connectivity index (χ4n) is 4.27. The first-order valence-corrected chi connectivity index (χ1v) is 11.3. The van der Waals surface area contributed by atoms with E-state index in [0.717, 1.165) is 23.3 Å². The second-order valence-corrected chi connectivity index (χ2v) is 10.1. The molecule has 0 unspecified atom stereocenters. The number of benzene rings is 2. The van der Waals surface area contributed by atoms with Gasteiger partial charge in [0.25, 0.3) is 0 Å². The molecule has 2 amide bonds. The summed E-state index contributed by atoms with van der Waals surface area (Å²) in [6.45, 7) is 3.64. The Morgan fingerprint density at radius 2 is 1.73 bits per heavy atom. The van der Waals surface area contributed by atoms with E-state index in [1.54, 1.807) is 0 Å². The van der Waals surface area contributed by atoms with Crippen LogP contribution in [-0.2, 0) is 22.6 Å². The number of alkyl halides is 3. The summed E-state index contributed by atoms with van der Waals surface area (Å²) in [7, 11) is -3.36. The first kappa shape index (κ1) is 20.7. The number of hydrogen-bond acceptors (Lipinski definition) is 3. The fraction of sp³-hybridized carbons (Fsp3) is 0.381. The largest absolute Gasteiger partial charge is 0.416 e. The summed E-state index contributed by atoms with van der Waals surface area (Å²) < 4.78 is 63.9. The molecule has 2 atom stereocenters. The van der Waals surface area contributed by atoms with E-state index in [1.165, 1.54) is 21.9 Å². The van der Waals surface area contributed by atoms with Gasteiger partial charge in [-0.15, -0.1) is 0 Å². The van der Waals surface area contributed by atoms with Gasteiger partial charge < -0.3 is 4.90 Å². The zero-order valence-electron chi connectivity index (χ0n) is 16.5. The smallest absolute Gasteiger partial charge is 0.314 e. The lowest BCUT2D eigenvalue weighted by Crippen LogP contribution is -2.38. The second-order valence-electron chi connectivity index (χ2n) is 7.98. The molecule has 0 aliphatic carbocycles. The predicted octanol–water partition coefficient (Wildman–Crippen LogP) is 3.93. The molecule has 0 spiro atoms. The summed E-state index contributed by atoms with van der Waals surface area (Å²) >= 11 is 0. The highest BCUT2D eigenvalue weighted by Gasteiger charge is 2.54. The molecule has 2 fully saturated rings. The Kier molecular flexibility index (Phi) is 4.84. The highest BCUT2D eigenvalue weighted by Crippen LogP contribution is 2.38. The minimum atomic E-state index is -4.49. The first-order valence-electron chi connectivity index (χ1n) is 9.50. The van der Waals surface area contributed by atoms with E-state index in [2.05, 4.69) is 0 Å². The van der Waals surface area contributed by atoms with Crippen LogP contribution in [0.3, 0.4) is 0 Å². The second kappa shape index (κ2) is 7.01. The maximum atomic E-state index is 13.3. The monoisotopic (exact) mass is 438 g/mol. The number of nitrogens with zero attached hydrogens (tertiary/aromatic N) is 2. The number of urea groups is 1. The van der Waals surface area contributed by atoms with Crippen LogP contribution in [-0.4, -0.2) is 42.9 Å². The summed E-state index contributed by atoms with van der Waals surface area (Å²) in [4.78, 5) is 16.2. The molecular weight excluding hydrogens is 417 g/mol.